The van der Waals surface area contributed by atoms with Gasteiger partial charge in [0.1, 0.15) is 0 Å². The first kappa shape index (κ1) is 22.3. The Bertz CT molecular complexity index is 323. The molecule has 0 aliphatic heterocycles. The summed E-state index contributed by atoms with van der Waals surface area (Å²) in [6.45, 7) is 19.3. The minimum Gasteiger partial charge on any atom is -0.343 e. The molecule has 110 valence electrons. The molecular formula is C19H32Mg. The molecule has 0 saturated carbocycles. The molecule has 1 aromatic rings. The third-order valence-electron chi connectivity index (χ3n) is 3.23. The van der Waals surface area contributed by atoms with E-state index >= 15 is 0 Å². The predicted octanol–water partition coefficient (Wildman–Crippen LogP) is 6.10. The van der Waals surface area contributed by atoms with Crippen LogP contribution in [0, 0.1) is 13.0 Å². The maximum absolute atomic E-state index is 3.60. The van der Waals surface area contributed by atoms with Crippen LogP contribution in [-0.2, 0) is 0 Å². The van der Waals surface area contributed by atoms with Crippen LogP contribution in [0.15, 0.2) is 12.1 Å². The Balaban J connectivity index is 0. The Morgan fingerprint density at radius 3 is 1.80 bits per heavy atom. The van der Waals surface area contributed by atoms with E-state index in [1.54, 1.807) is 0 Å². The maximum atomic E-state index is 3.60. The molecule has 0 aromatic heterocycles. The van der Waals surface area contributed by atoms with Crippen molar-refractivity contribution in [3.8, 4) is 0 Å². The molecule has 0 amide bonds. The Morgan fingerprint density at radius 1 is 1.00 bits per heavy atom. The fraction of sp³-hybridized carbons (Fsp3) is 0.632. The van der Waals surface area contributed by atoms with Crippen molar-refractivity contribution in [2.75, 3.05) is 0 Å². The summed E-state index contributed by atoms with van der Waals surface area (Å²) in [4.78, 5) is 0. The Morgan fingerprint density at radius 2 is 1.50 bits per heavy atom. The van der Waals surface area contributed by atoms with Crippen LogP contribution < -0.4 is 0 Å². The number of hydrogen-bond acceptors (Lipinski definition) is 0. The van der Waals surface area contributed by atoms with E-state index in [4.69, 9.17) is 0 Å². The molecule has 0 radical (unpaired) electrons. The molecular weight excluding hydrogens is 253 g/mol. The third kappa shape index (κ3) is 7.13. The molecule has 1 heteroatoms. The minimum absolute atomic E-state index is 0. The number of rotatable bonds is 4. The molecule has 0 N–H and O–H groups in total. The van der Waals surface area contributed by atoms with Crippen molar-refractivity contribution in [2.45, 2.75) is 79.1 Å². The van der Waals surface area contributed by atoms with Gasteiger partial charge in [-0.05, 0) is 11.8 Å². The van der Waals surface area contributed by atoms with E-state index < -0.39 is 0 Å². The molecule has 0 fully saturated rings. The standard InChI is InChI=1S/C15H23.C4H9.Mg/c1-10(2)13-8-7-9-14(11(3)4)15(13)12(5)6;1-3-4-2;/h7-8,10-12H,1-6H3;1,3-4H2,2H3;/q2*-1;+2. The molecule has 0 aliphatic carbocycles. The molecule has 0 nitrogen and oxygen atoms in total. The van der Waals surface area contributed by atoms with Gasteiger partial charge in [-0.1, -0.05) is 60.8 Å². The number of hydrogen-bond donors (Lipinski definition) is 0. The van der Waals surface area contributed by atoms with E-state index in [-0.39, 0.29) is 23.1 Å². The SMILES string of the molecule is CC(C)c1[c-]ccc(C(C)C)c1C(C)C.[CH2-]CCC.[Mg+2]. The molecule has 20 heavy (non-hydrogen) atoms. The van der Waals surface area contributed by atoms with Gasteiger partial charge in [0.05, 0.1) is 0 Å². The first-order valence-electron chi connectivity index (χ1n) is 7.70. The zero-order chi connectivity index (χ0) is 15.0. The van der Waals surface area contributed by atoms with E-state index in [2.05, 4.69) is 73.6 Å². The van der Waals surface area contributed by atoms with Gasteiger partial charge in [-0.15, -0.1) is 5.56 Å². The fourth-order valence-electron chi connectivity index (χ4n) is 2.17. The Hall–Kier alpha value is -0.0138. The van der Waals surface area contributed by atoms with Gasteiger partial charge in [0.15, 0.2) is 0 Å². The topological polar surface area (TPSA) is 0 Å². The summed E-state index contributed by atoms with van der Waals surface area (Å²) in [6, 6.07) is 7.72. The van der Waals surface area contributed by atoms with E-state index in [0.29, 0.717) is 17.8 Å². The van der Waals surface area contributed by atoms with Gasteiger partial charge in [-0.2, -0.15) is 35.7 Å². The van der Waals surface area contributed by atoms with Crippen LogP contribution in [0.1, 0.15) is 95.8 Å². The molecule has 0 bridgehead atoms. The van der Waals surface area contributed by atoms with E-state index in [1.807, 2.05) is 0 Å². The smallest absolute Gasteiger partial charge is 0.343 e. The summed E-state index contributed by atoms with van der Waals surface area (Å²) >= 11 is 0. The quantitative estimate of drug-likeness (QED) is 0.463. The molecule has 0 spiro atoms. The summed E-state index contributed by atoms with van der Waals surface area (Å²) in [5.74, 6) is 1.77. The number of benzene rings is 1. The second kappa shape index (κ2) is 11.6. The third-order valence-corrected chi connectivity index (χ3v) is 3.23. The average Bonchev–Trinajstić information content (AvgIpc) is 2.37. The molecule has 1 aromatic carbocycles. The van der Waals surface area contributed by atoms with Crippen LogP contribution in [-0.4, -0.2) is 23.1 Å². The second-order valence-electron chi connectivity index (χ2n) is 6.08. The van der Waals surface area contributed by atoms with Gasteiger partial charge in [0, 0.05) is 0 Å². The Labute approximate surface area is 143 Å². The van der Waals surface area contributed by atoms with Crippen molar-refractivity contribution < 1.29 is 0 Å². The van der Waals surface area contributed by atoms with Crippen molar-refractivity contribution >= 4 is 23.1 Å². The van der Waals surface area contributed by atoms with Crippen molar-refractivity contribution in [3.63, 3.8) is 0 Å². The minimum atomic E-state index is 0. The zero-order valence-corrected chi connectivity index (χ0v) is 16.1. The molecule has 1 rings (SSSR count). The van der Waals surface area contributed by atoms with Gasteiger partial charge in [-0.3, -0.25) is 0 Å². The average molecular weight is 285 g/mol. The summed E-state index contributed by atoms with van der Waals surface area (Å²) in [6.07, 6.45) is 2.28. The van der Waals surface area contributed by atoms with Crippen molar-refractivity contribution in [1.29, 1.82) is 0 Å². The normalized spacial score (nSPS) is 10.3. The van der Waals surface area contributed by atoms with Crippen LogP contribution in [0.25, 0.3) is 0 Å². The van der Waals surface area contributed by atoms with E-state index in [9.17, 15) is 0 Å². The largest absolute Gasteiger partial charge is 2.00 e. The van der Waals surface area contributed by atoms with Crippen LogP contribution in [0.3, 0.4) is 0 Å². The summed E-state index contributed by atoms with van der Waals surface area (Å²) in [5.41, 5.74) is 4.41. The van der Waals surface area contributed by atoms with Gasteiger partial charge >= 0.3 is 23.1 Å². The Kier molecular flexibility index (Phi) is 12.9. The molecule has 0 saturated heterocycles. The van der Waals surface area contributed by atoms with Gasteiger partial charge in [-0.25, -0.2) is 0 Å². The summed E-state index contributed by atoms with van der Waals surface area (Å²) in [7, 11) is 0. The van der Waals surface area contributed by atoms with Gasteiger partial charge in [0.2, 0.25) is 0 Å². The second-order valence-corrected chi connectivity index (χ2v) is 6.08. The van der Waals surface area contributed by atoms with Crippen LogP contribution >= 0.6 is 0 Å². The zero-order valence-electron chi connectivity index (χ0n) is 14.7. The van der Waals surface area contributed by atoms with E-state index in [0.717, 1.165) is 6.42 Å². The van der Waals surface area contributed by atoms with Crippen molar-refractivity contribution in [3.05, 3.63) is 41.8 Å². The fourth-order valence-corrected chi connectivity index (χ4v) is 2.17. The summed E-state index contributed by atoms with van der Waals surface area (Å²) < 4.78 is 0. The van der Waals surface area contributed by atoms with Gasteiger partial charge in [0.25, 0.3) is 0 Å². The van der Waals surface area contributed by atoms with E-state index in [1.165, 1.54) is 23.1 Å². The van der Waals surface area contributed by atoms with Crippen molar-refractivity contribution in [1.82, 2.24) is 0 Å². The van der Waals surface area contributed by atoms with Crippen LogP contribution in [0.2, 0.25) is 0 Å². The van der Waals surface area contributed by atoms with Crippen molar-refractivity contribution in [2.24, 2.45) is 0 Å². The monoisotopic (exact) mass is 284 g/mol. The van der Waals surface area contributed by atoms with Crippen LogP contribution in [0.4, 0.5) is 0 Å². The van der Waals surface area contributed by atoms with Crippen LogP contribution in [0.5, 0.6) is 0 Å². The molecule has 0 heterocycles. The van der Waals surface area contributed by atoms with Gasteiger partial charge < -0.3 is 6.92 Å². The predicted molar refractivity (Wildman–Crippen MR) is 93.6 cm³/mol. The molecule has 0 atom stereocenters. The summed E-state index contributed by atoms with van der Waals surface area (Å²) in [5, 5.41) is 0. The first-order valence-corrected chi connectivity index (χ1v) is 7.70. The molecule has 0 aliphatic rings. The number of unbranched alkanes of at least 4 members (excludes halogenated alkanes) is 1. The molecule has 0 unspecified atom stereocenters. The first-order chi connectivity index (χ1) is 8.86. The maximum Gasteiger partial charge on any atom is 2.00 e.